The number of hydrogen-bond donors (Lipinski definition) is 0. The minimum Gasteiger partial charge on any atom is -0.377 e. The Hall–Kier alpha value is 0.347. The molecule has 6 heteroatoms. The third kappa shape index (κ3) is 18.7. The van der Waals surface area contributed by atoms with Crippen molar-refractivity contribution in [2.24, 2.45) is 0 Å². The topological polar surface area (TPSA) is 30.9 Å². The minimum absolute atomic E-state index is 0. The van der Waals surface area contributed by atoms with Crippen molar-refractivity contribution in [1.82, 2.24) is 4.90 Å². The van der Waals surface area contributed by atoms with Crippen LogP contribution in [0.5, 0.6) is 0 Å². The third-order valence-electron chi connectivity index (χ3n) is 6.82. The van der Waals surface area contributed by atoms with Crippen molar-refractivity contribution in [2.75, 3.05) is 35.4 Å². The highest BCUT2D eigenvalue weighted by Crippen LogP contribution is 2.20. The number of halogens is 1. The molecule has 0 aliphatic heterocycles. The molecule has 0 aromatic carbocycles. The van der Waals surface area contributed by atoms with E-state index in [1.54, 1.807) is 21.3 Å². The number of rotatable bonds is 24. The summed E-state index contributed by atoms with van der Waals surface area (Å²) < 4.78 is 16.6. The molecular formula is C26H58ClNO3Si. The summed E-state index contributed by atoms with van der Waals surface area (Å²) in [6.45, 7) is 2.29. The fourth-order valence-corrected chi connectivity index (χ4v) is 6.31. The smallest absolute Gasteiger partial charge is 0.377 e. The molecule has 4 nitrogen and oxygen atoms in total. The average molecular weight is 496 g/mol. The van der Waals surface area contributed by atoms with Gasteiger partial charge >= 0.3 is 8.80 Å². The lowest BCUT2D eigenvalue weighted by atomic mass is 10.0. The second kappa shape index (κ2) is 24.5. The molecule has 0 heterocycles. The molecule has 0 aliphatic rings. The lowest BCUT2D eigenvalue weighted by Crippen LogP contribution is -2.42. The first-order valence-electron chi connectivity index (χ1n) is 13.4. The fourth-order valence-electron chi connectivity index (χ4n) is 4.51. The van der Waals surface area contributed by atoms with E-state index in [0.717, 1.165) is 12.5 Å². The van der Waals surface area contributed by atoms with Crippen molar-refractivity contribution in [2.45, 2.75) is 135 Å². The molecule has 0 N–H and O–H groups in total. The van der Waals surface area contributed by atoms with Crippen LogP contribution in [0.15, 0.2) is 0 Å². The second-order valence-electron chi connectivity index (χ2n) is 9.54. The normalized spacial score (nSPS) is 12.8. The van der Waals surface area contributed by atoms with Gasteiger partial charge in [-0.15, -0.1) is 12.4 Å². The highest BCUT2D eigenvalue weighted by molar-refractivity contribution is 6.60. The molecule has 32 heavy (non-hydrogen) atoms. The summed E-state index contributed by atoms with van der Waals surface area (Å²) in [6, 6.07) is 1.61. The molecule has 0 bridgehead atoms. The standard InChI is InChI=1S/C26H57NO3Si.ClH/c1-7-8-9-10-11-12-13-14-15-16-17-18-19-20-23-26(27(2)3)24-21-22-25-31(28-4,29-5)30-6;/h26H,7-25H2,1-6H3;1H. The van der Waals surface area contributed by atoms with Gasteiger partial charge in [0.1, 0.15) is 0 Å². The maximum atomic E-state index is 5.53. The van der Waals surface area contributed by atoms with Crippen molar-refractivity contribution in [1.29, 1.82) is 0 Å². The predicted octanol–water partition coefficient (Wildman–Crippen LogP) is 8.26. The maximum Gasteiger partial charge on any atom is 0.500 e. The van der Waals surface area contributed by atoms with Gasteiger partial charge in [0.2, 0.25) is 0 Å². The van der Waals surface area contributed by atoms with Crippen molar-refractivity contribution in [3.63, 3.8) is 0 Å². The van der Waals surface area contributed by atoms with Crippen LogP contribution in [0.1, 0.15) is 122 Å². The quantitative estimate of drug-likeness (QED) is 0.0995. The Balaban J connectivity index is 0. The van der Waals surface area contributed by atoms with Gasteiger partial charge in [0, 0.05) is 33.4 Å². The van der Waals surface area contributed by atoms with E-state index in [9.17, 15) is 0 Å². The van der Waals surface area contributed by atoms with Crippen LogP contribution in [0.4, 0.5) is 0 Å². The molecule has 0 spiro atoms. The SMILES string of the molecule is CCCCCCCCCCCCCCCCC(CCCC[Si](OC)(OC)OC)N(C)C.Cl. The molecule has 0 fully saturated rings. The first kappa shape index (κ1) is 34.5. The van der Waals surface area contributed by atoms with E-state index in [1.807, 2.05) is 0 Å². The summed E-state index contributed by atoms with van der Waals surface area (Å²) >= 11 is 0. The zero-order valence-corrected chi connectivity index (χ0v) is 24.4. The molecule has 0 aromatic heterocycles. The maximum absolute atomic E-state index is 5.53. The van der Waals surface area contributed by atoms with Crippen LogP contribution < -0.4 is 0 Å². The van der Waals surface area contributed by atoms with Crippen LogP contribution in [0, 0.1) is 0 Å². The highest BCUT2D eigenvalue weighted by Gasteiger charge is 2.36. The van der Waals surface area contributed by atoms with Crippen LogP contribution in [0.25, 0.3) is 0 Å². The Bertz CT molecular complexity index is 363. The van der Waals surface area contributed by atoms with Gasteiger partial charge in [0.25, 0.3) is 0 Å². The summed E-state index contributed by atoms with van der Waals surface area (Å²) in [4.78, 5) is 2.41. The molecule has 1 atom stereocenters. The summed E-state index contributed by atoms with van der Waals surface area (Å²) in [5.74, 6) is 0. The number of unbranched alkanes of at least 4 members (excludes halogenated alkanes) is 14. The van der Waals surface area contributed by atoms with Crippen molar-refractivity contribution >= 4 is 21.2 Å². The monoisotopic (exact) mass is 495 g/mol. The molecule has 0 saturated carbocycles. The van der Waals surface area contributed by atoms with Gasteiger partial charge in [-0.3, -0.25) is 0 Å². The van der Waals surface area contributed by atoms with Crippen LogP contribution in [0.3, 0.4) is 0 Å². The lowest BCUT2D eigenvalue weighted by molar-refractivity contribution is 0.122. The number of hydrogen-bond acceptors (Lipinski definition) is 4. The Morgan fingerprint density at radius 1 is 0.562 bits per heavy atom. The predicted molar refractivity (Wildman–Crippen MR) is 145 cm³/mol. The largest absolute Gasteiger partial charge is 0.500 e. The van der Waals surface area contributed by atoms with Crippen LogP contribution in [-0.2, 0) is 13.3 Å². The molecule has 0 saturated heterocycles. The molecule has 1 unspecified atom stereocenters. The van der Waals surface area contributed by atoms with E-state index in [-0.39, 0.29) is 12.4 Å². The van der Waals surface area contributed by atoms with Gasteiger partial charge < -0.3 is 18.2 Å². The molecule has 0 rings (SSSR count). The molecule has 0 aliphatic carbocycles. The van der Waals surface area contributed by atoms with E-state index >= 15 is 0 Å². The molecular weight excluding hydrogens is 438 g/mol. The average Bonchev–Trinajstić information content (AvgIpc) is 2.78. The lowest BCUT2D eigenvalue weighted by Gasteiger charge is -2.26. The Labute approximate surface area is 209 Å². The van der Waals surface area contributed by atoms with Crippen molar-refractivity contribution < 1.29 is 13.3 Å². The Kier molecular flexibility index (Phi) is 26.4. The van der Waals surface area contributed by atoms with Gasteiger partial charge in [0.05, 0.1) is 0 Å². The fraction of sp³-hybridized carbons (Fsp3) is 1.00. The second-order valence-corrected chi connectivity index (χ2v) is 12.6. The van der Waals surface area contributed by atoms with Crippen LogP contribution in [-0.4, -0.2) is 55.2 Å². The summed E-state index contributed by atoms with van der Waals surface area (Å²) in [7, 11) is 7.18. The summed E-state index contributed by atoms with van der Waals surface area (Å²) in [5.41, 5.74) is 0. The molecule has 0 amide bonds. The van der Waals surface area contributed by atoms with Gasteiger partial charge in [-0.1, -0.05) is 103 Å². The van der Waals surface area contributed by atoms with E-state index in [4.69, 9.17) is 13.3 Å². The first-order chi connectivity index (χ1) is 15.0. The van der Waals surface area contributed by atoms with Gasteiger partial charge in [0.15, 0.2) is 0 Å². The zero-order valence-electron chi connectivity index (χ0n) is 22.6. The van der Waals surface area contributed by atoms with Crippen LogP contribution in [0.2, 0.25) is 6.04 Å². The minimum atomic E-state index is -2.39. The third-order valence-corrected chi connectivity index (χ3v) is 9.66. The Morgan fingerprint density at radius 2 is 0.906 bits per heavy atom. The zero-order chi connectivity index (χ0) is 23.2. The number of nitrogens with zero attached hydrogens (tertiary/aromatic N) is 1. The highest BCUT2D eigenvalue weighted by atomic mass is 35.5. The van der Waals surface area contributed by atoms with E-state index in [0.29, 0.717) is 6.04 Å². The molecule has 0 aromatic rings. The van der Waals surface area contributed by atoms with E-state index in [1.165, 1.54) is 109 Å². The van der Waals surface area contributed by atoms with Gasteiger partial charge in [-0.05, 0) is 33.4 Å². The Morgan fingerprint density at radius 3 is 1.25 bits per heavy atom. The van der Waals surface area contributed by atoms with Crippen molar-refractivity contribution in [3.05, 3.63) is 0 Å². The summed E-state index contributed by atoms with van der Waals surface area (Å²) in [6.07, 6.45) is 24.9. The van der Waals surface area contributed by atoms with E-state index in [2.05, 4.69) is 25.9 Å². The van der Waals surface area contributed by atoms with Crippen LogP contribution >= 0.6 is 12.4 Å². The van der Waals surface area contributed by atoms with Crippen molar-refractivity contribution in [3.8, 4) is 0 Å². The molecule has 0 radical (unpaired) electrons. The van der Waals surface area contributed by atoms with E-state index < -0.39 is 8.80 Å². The van der Waals surface area contributed by atoms with Gasteiger partial charge in [-0.25, -0.2) is 0 Å². The van der Waals surface area contributed by atoms with Gasteiger partial charge in [-0.2, -0.15) is 0 Å². The molecule has 196 valence electrons. The summed E-state index contributed by atoms with van der Waals surface area (Å²) in [5, 5.41) is 0. The first-order valence-corrected chi connectivity index (χ1v) is 15.3.